The molecule has 0 aliphatic heterocycles. The summed E-state index contributed by atoms with van der Waals surface area (Å²) in [5, 5.41) is 3.31. The Balaban J connectivity index is 1.31. The minimum Gasteiger partial charge on any atom is -0.461 e. The van der Waals surface area contributed by atoms with E-state index in [0.717, 1.165) is 29.9 Å². The van der Waals surface area contributed by atoms with Gasteiger partial charge in [0.25, 0.3) is 0 Å². The maximum absolute atomic E-state index is 12.5. The lowest BCUT2D eigenvalue weighted by Gasteiger charge is -2.45. The lowest BCUT2D eigenvalue weighted by atomic mass is 9.67. The third-order valence-corrected chi connectivity index (χ3v) is 6.02. The Morgan fingerprint density at radius 3 is 2.54 bits per heavy atom. The summed E-state index contributed by atoms with van der Waals surface area (Å²) in [6.45, 7) is 0. The predicted molar refractivity (Wildman–Crippen MR) is 102 cm³/mol. The standard InChI is InChI=1S/C22H28N2O2/c23-18-13-16-7-4-8-17(14-18)22(16)24-21(25)12-10-19-9-11-20(26-19)15-5-2-1-3-6-15/h1-3,5-6,9,11,16-18,22H,4,7-8,10,12-14,23H2,(H,24,25). The lowest BCUT2D eigenvalue weighted by molar-refractivity contribution is -0.123. The van der Waals surface area contributed by atoms with Gasteiger partial charge < -0.3 is 15.5 Å². The molecular formula is C22H28N2O2. The molecule has 2 aromatic rings. The molecule has 4 rings (SSSR count). The van der Waals surface area contributed by atoms with Crippen molar-refractivity contribution in [3.8, 4) is 11.3 Å². The fourth-order valence-corrected chi connectivity index (χ4v) is 4.79. The van der Waals surface area contributed by atoms with Crippen LogP contribution >= 0.6 is 0 Å². The topological polar surface area (TPSA) is 68.3 Å². The molecular weight excluding hydrogens is 324 g/mol. The molecule has 2 unspecified atom stereocenters. The van der Waals surface area contributed by atoms with Gasteiger partial charge in [0.15, 0.2) is 0 Å². The highest BCUT2D eigenvalue weighted by molar-refractivity contribution is 5.76. The first-order valence-corrected chi connectivity index (χ1v) is 9.88. The zero-order valence-electron chi connectivity index (χ0n) is 15.2. The van der Waals surface area contributed by atoms with E-state index >= 15 is 0 Å². The van der Waals surface area contributed by atoms with Crippen molar-refractivity contribution < 1.29 is 9.21 Å². The molecule has 2 bridgehead atoms. The van der Waals surface area contributed by atoms with Crippen molar-refractivity contribution in [1.82, 2.24) is 5.32 Å². The van der Waals surface area contributed by atoms with Crippen LogP contribution in [0.15, 0.2) is 46.9 Å². The van der Waals surface area contributed by atoms with E-state index in [1.165, 1.54) is 19.3 Å². The number of furan rings is 1. The third-order valence-electron chi connectivity index (χ3n) is 6.02. The number of aryl methyl sites for hydroxylation is 1. The number of amides is 1. The van der Waals surface area contributed by atoms with Crippen molar-refractivity contribution in [2.45, 2.75) is 57.0 Å². The quantitative estimate of drug-likeness (QED) is 0.857. The molecule has 1 amide bonds. The number of hydrogen-bond donors (Lipinski definition) is 2. The van der Waals surface area contributed by atoms with E-state index in [9.17, 15) is 4.79 Å². The van der Waals surface area contributed by atoms with Crippen LogP contribution in [-0.2, 0) is 11.2 Å². The maximum Gasteiger partial charge on any atom is 0.220 e. The Kier molecular flexibility index (Phi) is 5.11. The highest BCUT2D eigenvalue weighted by atomic mass is 16.3. The van der Waals surface area contributed by atoms with Gasteiger partial charge in [0.1, 0.15) is 11.5 Å². The molecule has 1 aromatic carbocycles. The van der Waals surface area contributed by atoms with E-state index in [2.05, 4.69) is 5.32 Å². The summed E-state index contributed by atoms with van der Waals surface area (Å²) in [5.74, 6) is 2.99. The minimum absolute atomic E-state index is 0.139. The molecule has 1 aromatic heterocycles. The van der Waals surface area contributed by atoms with Gasteiger partial charge in [-0.05, 0) is 49.7 Å². The molecule has 4 nitrogen and oxygen atoms in total. The van der Waals surface area contributed by atoms with Gasteiger partial charge in [-0.1, -0.05) is 36.8 Å². The van der Waals surface area contributed by atoms with Crippen LogP contribution in [0.4, 0.5) is 0 Å². The van der Waals surface area contributed by atoms with Crippen molar-refractivity contribution >= 4 is 5.91 Å². The number of nitrogens with one attached hydrogen (secondary N) is 1. The van der Waals surface area contributed by atoms with Gasteiger partial charge in [-0.3, -0.25) is 4.79 Å². The molecule has 0 radical (unpaired) electrons. The van der Waals surface area contributed by atoms with Crippen LogP contribution < -0.4 is 11.1 Å². The van der Waals surface area contributed by atoms with Crippen LogP contribution in [0, 0.1) is 11.8 Å². The molecule has 26 heavy (non-hydrogen) atoms. The normalized spacial score (nSPS) is 27.9. The van der Waals surface area contributed by atoms with Gasteiger partial charge in [0, 0.05) is 30.5 Å². The third kappa shape index (κ3) is 3.85. The van der Waals surface area contributed by atoms with E-state index in [0.29, 0.717) is 36.8 Å². The predicted octanol–water partition coefficient (Wildman–Crippen LogP) is 3.90. The summed E-state index contributed by atoms with van der Waals surface area (Å²) in [6, 6.07) is 14.6. The van der Waals surface area contributed by atoms with E-state index in [1.54, 1.807) is 0 Å². The second-order valence-electron chi connectivity index (χ2n) is 7.91. The van der Waals surface area contributed by atoms with Crippen LogP contribution in [0.5, 0.6) is 0 Å². The summed E-state index contributed by atoms with van der Waals surface area (Å²) in [7, 11) is 0. The second-order valence-corrected chi connectivity index (χ2v) is 7.91. The molecule has 2 aliphatic carbocycles. The largest absolute Gasteiger partial charge is 0.461 e. The molecule has 0 saturated heterocycles. The van der Waals surface area contributed by atoms with Crippen molar-refractivity contribution in [2.75, 3.05) is 0 Å². The van der Waals surface area contributed by atoms with Gasteiger partial charge in [0.05, 0.1) is 0 Å². The van der Waals surface area contributed by atoms with E-state index in [4.69, 9.17) is 10.2 Å². The smallest absolute Gasteiger partial charge is 0.220 e. The first-order chi connectivity index (χ1) is 12.7. The monoisotopic (exact) mass is 352 g/mol. The number of fused-ring (bicyclic) bond motifs is 2. The van der Waals surface area contributed by atoms with Crippen LogP contribution in [0.2, 0.25) is 0 Å². The van der Waals surface area contributed by atoms with Crippen molar-refractivity contribution in [2.24, 2.45) is 17.6 Å². The van der Waals surface area contributed by atoms with Crippen LogP contribution in [0.1, 0.15) is 44.3 Å². The zero-order chi connectivity index (χ0) is 17.9. The summed E-state index contributed by atoms with van der Waals surface area (Å²) in [6.07, 6.45) is 6.91. The molecule has 2 saturated carbocycles. The van der Waals surface area contributed by atoms with Crippen LogP contribution in [0.3, 0.4) is 0 Å². The Morgan fingerprint density at radius 1 is 1.08 bits per heavy atom. The zero-order valence-corrected chi connectivity index (χ0v) is 15.2. The van der Waals surface area contributed by atoms with Gasteiger partial charge >= 0.3 is 0 Å². The molecule has 138 valence electrons. The van der Waals surface area contributed by atoms with Crippen molar-refractivity contribution in [3.05, 3.63) is 48.2 Å². The Morgan fingerprint density at radius 2 is 1.81 bits per heavy atom. The fourth-order valence-electron chi connectivity index (χ4n) is 4.79. The first kappa shape index (κ1) is 17.3. The maximum atomic E-state index is 12.5. The van der Waals surface area contributed by atoms with Gasteiger partial charge in [-0.15, -0.1) is 0 Å². The number of nitrogens with two attached hydrogens (primary N) is 1. The molecule has 0 spiro atoms. The molecule has 2 atom stereocenters. The highest BCUT2D eigenvalue weighted by Crippen LogP contribution is 2.39. The molecule has 2 fully saturated rings. The summed E-state index contributed by atoms with van der Waals surface area (Å²) in [4.78, 5) is 12.5. The number of hydrogen-bond acceptors (Lipinski definition) is 3. The Hall–Kier alpha value is -2.07. The molecule has 2 aliphatic rings. The van der Waals surface area contributed by atoms with Crippen molar-refractivity contribution in [1.29, 1.82) is 0 Å². The molecule has 1 heterocycles. The SMILES string of the molecule is NC1CC2CCCC(C1)C2NC(=O)CCc1ccc(-c2ccccc2)o1. The summed E-state index contributed by atoms with van der Waals surface area (Å²) in [5.41, 5.74) is 7.24. The Bertz CT molecular complexity index is 726. The number of benzene rings is 1. The summed E-state index contributed by atoms with van der Waals surface area (Å²) >= 11 is 0. The van der Waals surface area contributed by atoms with E-state index in [1.807, 2.05) is 42.5 Å². The van der Waals surface area contributed by atoms with E-state index < -0.39 is 0 Å². The van der Waals surface area contributed by atoms with Gasteiger partial charge in [-0.25, -0.2) is 0 Å². The lowest BCUT2D eigenvalue weighted by Crippen LogP contribution is -2.53. The molecule has 4 heteroatoms. The number of carbonyl (C=O) groups excluding carboxylic acids is 1. The van der Waals surface area contributed by atoms with E-state index in [-0.39, 0.29) is 5.91 Å². The highest BCUT2D eigenvalue weighted by Gasteiger charge is 2.39. The second kappa shape index (κ2) is 7.67. The summed E-state index contributed by atoms with van der Waals surface area (Å²) < 4.78 is 5.90. The van der Waals surface area contributed by atoms with Crippen LogP contribution in [-0.4, -0.2) is 18.0 Å². The number of rotatable bonds is 5. The fraction of sp³-hybridized carbons (Fsp3) is 0.500. The average molecular weight is 352 g/mol. The first-order valence-electron chi connectivity index (χ1n) is 9.88. The minimum atomic E-state index is 0.139. The number of carbonyl (C=O) groups is 1. The van der Waals surface area contributed by atoms with Crippen molar-refractivity contribution in [3.63, 3.8) is 0 Å². The van der Waals surface area contributed by atoms with Gasteiger partial charge in [-0.2, -0.15) is 0 Å². The molecule has 3 N–H and O–H groups in total. The van der Waals surface area contributed by atoms with Gasteiger partial charge in [0.2, 0.25) is 5.91 Å². The average Bonchev–Trinajstić information content (AvgIpc) is 3.11. The Labute approximate surface area is 155 Å². The van der Waals surface area contributed by atoms with Crippen LogP contribution in [0.25, 0.3) is 11.3 Å².